The van der Waals surface area contributed by atoms with E-state index in [1.807, 2.05) is 41.2 Å². The highest BCUT2D eigenvalue weighted by Crippen LogP contribution is 2.20. The lowest BCUT2D eigenvalue weighted by Gasteiger charge is -2.04. The van der Waals surface area contributed by atoms with Gasteiger partial charge in [-0.05, 0) is 23.8 Å². The summed E-state index contributed by atoms with van der Waals surface area (Å²) in [7, 11) is 0. The largest absolute Gasteiger partial charge is 0.351 e. The van der Waals surface area contributed by atoms with Crippen molar-refractivity contribution in [2.45, 2.75) is 18.0 Å². The van der Waals surface area contributed by atoms with Crippen LogP contribution in [0.5, 0.6) is 0 Å². The van der Waals surface area contributed by atoms with E-state index in [1.54, 1.807) is 6.20 Å². The highest BCUT2D eigenvalue weighted by molar-refractivity contribution is 8.00. The molecule has 4 nitrogen and oxygen atoms in total. The summed E-state index contributed by atoms with van der Waals surface area (Å²) in [5, 5.41) is 7.08. The molecule has 0 saturated heterocycles. The minimum Gasteiger partial charge on any atom is -0.351 e. The van der Waals surface area contributed by atoms with E-state index in [-0.39, 0.29) is 11.7 Å². The van der Waals surface area contributed by atoms with E-state index in [1.165, 1.54) is 6.07 Å². The molecule has 1 N–H and O–H groups in total. The number of carbonyl (C=O) groups excluding carboxylic acids is 1. The third-order valence-electron chi connectivity index (χ3n) is 3.62. The number of halogens is 2. The molecule has 0 spiro atoms. The van der Waals surface area contributed by atoms with Crippen molar-refractivity contribution in [2.24, 2.45) is 0 Å². The topological polar surface area (TPSA) is 46.9 Å². The number of hydrogen-bond donors (Lipinski definition) is 1. The first-order chi connectivity index (χ1) is 12.6. The molecule has 7 heteroatoms. The average molecular weight is 373 g/mol. The molecular formula is C19H17F2N3OS. The number of nitrogens with one attached hydrogen (secondary N) is 1. The average Bonchev–Trinajstić information content (AvgIpc) is 3.09. The molecule has 1 amide bonds. The number of aromatic nitrogens is 2. The molecule has 3 rings (SSSR count). The highest BCUT2D eigenvalue weighted by Gasteiger charge is 2.07. The summed E-state index contributed by atoms with van der Waals surface area (Å²) in [6.45, 7) is 1.03. The Hall–Kier alpha value is -2.67. The number of thioether (sulfide) groups is 1. The van der Waals surface area contributed by atoms with Gasteiger partial charge in [-0.3, -0.25) is 9.48 Å². The number of nitrogens with zero attached hydrogens (tertiary/aromatic N) is 2. The molecule has 0 bridgehead atoms. The van der Waals surface area contributed by atoms with E-state index in [4.69, 9.17) is 0 Å². The molecule has 0 aliphatic rings. The van der Waals surface area contributed by atoms with Crippen LogP contribution in [0.15, 0.2) is 65.8 Å². The second-order valence-electron chi connectivity index (χ2n) is 5.67. The van der Waals surface area contributed by atoms with Gasteiger partial charge in [0.1, 0.15) is 0 Å². The lowest BCUT2D eigenvalue weighted by molar-refractivity contribution is -0.118. The summed E-state index contributed by atoms with van der Waals surface area (Å²) in [5.41, 5.74) is 2.04. The van der Waals surface area contributed by atoms with E-state index in [9.17, 15) is 13.6 Å². The van der Waals surface area contributed by atoms with E-state index < -0.39 is 11.6 Å². The summed E-state index contributed by atoms with van der Waals surface area (Å²) in [5.74, 6) is -1.87. The van der Waals surface area contributed by atoms with Crippen molar-refractivity contribution in [3.8, 4) is 0 Å². The maximum atomic E-state index is 13.1. The zero-order valence-corrected chi connectivity index (χ0v) is 14.7. The Morgan fingerprint density at radius 3 is 2.65 bits per heavy atom. The van der Waals surface area contributed by atoms with Crippen LogP contribution in [0.25, 0.3) is 0 Å². The number of carbonyl (C=O) groups is 1. The van der Waals surface area contributed by atoms with Crippen molar-refractivity contribution in [1.82, 2.24) is 15.1 Å². The quantitative estimate of drug-likeness (QED) is 0.644. The van der Waals surface area contributed by atoms with Crippen molar-refractivity contribution in [2.75, 3.05) is 5.75 Å². The summed E-state index contributed by atoms with van der Waals surface area (Å²) >= 11 is 1.15. The van der Waals surface area contributed by atoms with Crippen LogP contribution in [0.4, 0.5) is 8.78 Å². The Morgan fingerprint density at radius 1 is 1.08 bits per heavy atom. The van der Waals surface area contributed by atoms with Gasteiger partial charge in [0, 0.05) is 23.2 Å². The second kappa shape index (κ2) is 8.62. The number of rotatable bonds is 7. The van der Waals surface area contributed by atoms with Gasteiger partial charge in [0.05, 0.1) is 18.5 Å². The first-order valence-electron chi connectivity index (χ1n) is 8.00. The summed E-state index contributed by atoms with van der Waals surface area (Å²) in [6, 6.07) is 13.6. The van der Waals surface area contributed by atoms with Gasteiger partial charge in [0.25, 0.3) is 0 Å². The lowest BCUT2D eigenvalue weighted by atomic mass is 10.2. The summed E-state index contributed by atoms with van der Waals surface area (Å²) < 4.78 is 27.8. The van der Waals surface area contributed by atoms with Crippen LogP contribution in [0.2, 0.25) is 0 Å². The van der Waals surface area contributed by atoms with Gasteiger partial charge in [-0.1, -0.05) is 30.3 Å². The highest BCUT2D eigenvalue weighted by atomic mass is 32.2. The standard InChI is InChI=1S/C19H17F2N3OS/c20-17-7-6-16(8-18(17)21)26-13-19(25)22-9-15-10-23-24(12-15)11-14-4-2-1-3-5-14/h1-8,10,12H,9,11,13H2,(H,22,25). The van der Waals surface area contributed by atoms with Crippen LogP contribution >= 0.6 is 11.8 Å². The molecule has 0 atom stereocenters. The van der Waals surface area contributed by atoms with E-state index in [2.05, 4.69) is 10.4 Å². The number of hydrogen-bond acceptors (Lipinski definition) is 3. The minimum atomic E-state index is -0.916. The number of benzene rings is 2. The molecule has 0 unspecified atom stereocenters. The zero-order chi connectivity index (χ0) is 18.4. The van der Waals surface area contributed by atoms with E-state index >= 15 is 0 Å². The second-order valence-corrected chi connectivity index (χ2v) is 6.72. The van der Waals surface area contributed by atoms with Gasteiger partial charge in [0.2, 0.25) is 5.91 Å². The van der Waals surface area contributed by atoms with Crippen LogP contribution in [0, 0.1) is 11.6 Å². The van der Waals surface area contributed by atoms with E-state index in [0.29, 0.717) is 18.0 Å². The van der Waals surface area contributed by atoms with Crippen LogP contribution < -0.4 is 5.32 Å². The van der Waals surface area contributed by atoms with Gasteiger partial charge < -0.3 is 5.32 Å². The molecule has 3 aromatic rings. The fourth-order valence-corrected chi connectivity index (χ4v) is 3.07. The Balaban J connectivity index is 1.45. The third kappa shape index (κ3) is 5.16. The third-order valence-corrected chi connectivity index (χ3v) is 4.62. The van der Waals surface area contributed by atoms with Crippen molar-refractivity contribution < 1.29 is 13.6 Å². The molecule has 26 heavy (non-hydrogen) atoms. The first-order valence-corrected chi connectivity index (χ1v) is 8.98. The Bertz CT molecular complexity index is 884. The van der Waals surface area contributed by atoms with Crippen molar-refractivity contribution in [3.05, 3.63) is 83.7 Å². The van der Waals surface area contributed by atoms with E-state index in [0.717, 1.165) is 35.0 Å². The maximum Gasteiger partial charge on any atom is 0.230 e. The fourth-order valence-electron chi connectivity index (χ4n) is 2.32. The molecule has 0 aliphatic carbocycles. The van der Waals surface area contributed by atoms with Crippen molar-refractivity contribution in [3.63, 3.8) is 0 Å². The van der Waals surface area contributed by atoms with Crippen LogP contribution in [0.3, 0.4) is 0 Å². The monoisotopic (exact) mass is 373 g/mol. The van der Waals surface area contributed by atoms with Gasteiger partial charge in [-0.2, -0.15) is 5.10 Å². The predicted molar refractivity (Wildman–Crippen MR) is 96.7 cm³/mol. The predicted octanol–water partition coefficient (Wildman–Crippen LogP) is 3.62. The molecule has 0 radical (unpaired) electrons. The molecule has 0 fully saturated rings. The normalized spacial score (nSPS) is 10.7. The van der Waals surface area contributed by atoms with Crippen LogP contribution in [-0.2, 0) is 17.9 Å². The lowest BCUT2D eigenvalue weighted by Crippen LogP contribution is -2.24. The molecule has 1 heterocycles. The van der Waals surface area contributed by atoms with Crippen molar-refractivity contribution in [1.29, 1.82) is 0 Å². The Labute approximate surface area is 154 Å². The first kappa shape index (κ1) is 18.1. The van der Waals surface area contributed by atoms with Gasteiger partial charge >= 0.3 is 0 Å². The molecule has 2 aromatic carbocycles. The number of amides is 1. The zero-order valence-electron chi connectivity index (χ0n) is 13.9. The van der Waals surface area contributed by atoms with Crippen LogP contribution in [-0.4, -0.2) is 21.4 Å². The van der Waals surface area contributed by atoms with Gasteiger partial charge in [-0.25, -0.2) is 8.78 Å². The molecular weight excluding hydrogens is 356 g/mol. The summed E-state index contributed by atoms with van der Waals surface area (Å²) in [6.07, 6.45) is 3.60. The van der Waals surface area contributed by atoms with Crippen molar-refractivity contribution >= 4 is 17.7 Å². The minimum absolute atomic E-state index is 0.128. The smallest absolute Gasteiger partial charge is 0.230 e. The SMILES string of the molecule is O=C(CSc1ccc(F)c(F)c1)NCc1cnn(Cc2ccccc2)c1. The van der Waals surface area contributed by atoms with Gasteiger partial charge in [-0.15, -0.1) is 11.8 Å². The maximum absolute atomic E-state index is 13.1. The Morgan fingerprint density at radius 2 is 1.88 bits per heavy atom. The molecule has 0 aliphatic heterocycles. The fraction of sp³-hybridized carbons (Fsp3) is 0.158. The summed E-state index contributed by atoms with van der Waals surface area (Å²) in [4.78, 5) is 12.4. The molecule has 0 saturated carbocycles. The van der Waals surface area contributed by atoms with Crippen LogP contribution in [0.1, 0.15) is 11.1 Å². The molecule has 134 valence electrons. The van der Waals surface area contributed by atoms with Gasteiger partial charge in [0.15, 0.2) is 11.6 Å². The Kier molecular flexibility index (Phi) is 6.01. The molecule has 1 aromatic heterocycles.